The lowest BCUT2D eigenvalue weighted by molar-refractivity contribution is -0.134. The maximum atomic E-state index is 13.0. The molecular weight excluding hydrogens is 484 g/mol. The maximum absolute atomic E-state index is 13.0. The van der Waals surface area contributed by atoms with Crippen molar-refractivity contribution in [2.45, 2.75) is 58.1 Å². The van der Waals surface area contributed by atoms with Crippen molar-refractivity contribution >= 4 is 30.2 Å². The molecule has 0 aliphatic carbocycles. The van der Waals surface area contributed by atoms with E-state index >= 15 is 0 Å². The Hall–Kier alpha value is -3.71. The first-order chi connectivity index (χ1) is 16.8. The summed E-state index contributed by atoms with van der Waals surface area (Å²) in [4.78, 5) is 52.9. The number of alkyl carbamates (subject to hydrolysis) is 2. The van der Waals surface area contributed by atoms with Gasteiger partial charge in [0.15, 0.2) is 0 Å². The van der Waals surface area contributed by atoms with Crippen LogP contribution in [-0.4, -0.2) is 73.0 Å². The summed E-state index contributed by atoms with van der Waals surface area (Å²) in [5.74, 6) is -0.448. The first kappa shape index (κ1) is 30.3. The first-order valence-corrected chi connectivity index (χ1v) is 11.2. The second kappa shape index (κ2) is 14.6. The Balaban J connectivity index is 2.65. The topological polar surface area (TPSA) is 162 Å². The molecular formula is C22H33F2N5O7. The monoisotopic (exact) mass is 517 g/mol. The molecule has 0 saturated carbocycles. The molecule has 4 amide bonds. The minimum atomic E-state index is -1.73. The number of hydrogen-bond acceptors (Lipinski definition) is 7. The van der Waals surface area contributed by atoms with Gasteiger partial charge in [-0.15, -0.1) is 4.99 Å². The molecule has 1 aliphatic rings. The van der Waals surface area contributed by atoms with Gasteiger partial charge >= 0.3 is 24.3 Å². The highest BCUT2D eigenvalue weighted by atomic mass is 19.3. The third-order valence-corrected chi connectivity index (χ3v) is 4.60. The van der Waals surface area contributed by atoms with Crippen molar-refractivity contribution in [2.24, 2.45) is 10.7 Å². The number of amides is 4. The van der Waals surface area contributed by atoms with Gasteiger partial charge in [-0.2, -0.15) is 8.78 Å². The summed E-state index contributed by atoms with van der Waals surface area (Å²) in [5, 5.41) is 4.87. The molecule has 12 nitrogen and oxygen atoms in total. The van der Waals surface area contributed by atoms with Gasteiger partial charge < -0.3 is 35.5 Å². The predicted molar refractivity (Wildman–Crippen MR) is 125 cm³/mol. The Kier molecular flexibility index (Phi) is 12.3. The average Bonchev–Trinajstić information content (AvgIpc) is 2.77. The van der Waals surface area contributed by atoms with Crippen molar-refractivity contribution in [3.8, 4) is 0 Å². The Morgan fingerprint density at radius 3 is 2.39 bits per heavy atom. The number of carbonyl (C=O) groups is 4. The summed E-state index contributed by atoms with van der Waals surface area (Å²) in [5.41, 5.74) is 4.54. The van der Waals surface area contributed by atoms with Crippen molar-refractivity contribution in [1.29, 1.82) is 0 Å². The smallest absolute Gasteiger partial charge is 0.438 e. The molecule has 0 spiro atoms. The standard InChI is InChI=1S/C22H33F2N5O7/c1-5-13-34-20(32)28-18(25)35-19(31)26-10-6-7-15(27-21(33)36-22(2,3)4)17(30)29-11-8-14(9-12-29)16(23)24/h5,15H,1,6-13H2,2-4H3,(H,26,31)(H,27,33)(H2,25,28,32)/t15-/m0/s1. The molecule has 1 fully saturated rings. The van der Waals surface area contributed by atoms with Crippen LogP contribution in [0.25, 0.3) is 0 Å². The summed E-state index contributed by atoms with van der Waals surface area (Å²) in [6.07, 6.45) is -2.88. The van der Waals surface area contributed by atoms with Gasteiger partial charge in [0.2, 0.25) is 5.91 Å². The average molecular weight is 518 g/mol. The third-order valence-electron chi connectivity index (χ3n) is 4.60. The molecule has 14 heteroatoms. The van der Waals surface area contributed by atoms with Crippen LogP contribution in [0.2, 0.25) is 0 Å². The number of hydrogen-bond donors (Lipinski definition) is 3. The summed E-state index contributed by atoms with van der Waals surface area (Å²) in [7, 11) is 0. The van der Waals surface area contributed by atoms with E-state index in [-0.39, 0.29) is 57.5 Å². The number of halogens is 2. The van der Waals surface area contributed by atoms with Crippen molar-refractivity contribution < 1.29 is 42.2 Å². The van der Waals surface area contributed by atoms with Gasteiger partial charge in [-0.3, -0.25) is 4.79 Å². The van der Waals surface area contributed by atoms with E-state index in [0.717, 1.165) is 0 Å². The van der Waals surface area contributed by atoms with Crippen LogP contribution in [0, 0.1) is 0 Å². The largest absolute Gasteiger partial charge is 0.444 e. The normalized spacial score (nSPS) is 14.9. The van der Waals surface area contributed by atoms with Gasteiger partial charge in [0.25, 0.3) is 6.08 Å². The van der Waals surface area contributed by atoms with Gasteiger partial charge in [0.1, 0.15) is 18.2 Å². The Morgan fingerprint density at radius 1 is 1.19 bits per heavy atom. The molecule has 0 radical (unpaired) electrons. The van der Waals surface area contributed by atoms with Crippen LogP contribution in [0.15, 0.2) is 29.3 Å². The molecule has 1 aliphatic heterocycles. The van der Waals surface area contributed by atoms with Crippen LogP contribution in [0.4, 0.5) is 23.2 Å². The van der Waals surface area contributed by atoms with Crippen molar-refractivity contribution in [3.05, 3.63) is 24.3 Å². The van der Waals surface area contributed by atoms with Crippen molar-refractivity contribution in [2.75, 3.05) is 26.2 Å². The van der Waals surface area contributed by atoms with Crippen LogP contribution >= 0.6 is 0 Å². The second-order valence-electron chi connectivity index (χ2n) is 8.66. The van der Waals surface area contributed by atoms with E-state index in [2.05, 4.69) is 31.7 Å². The van der Waals surface area contributed by atoms with E-state index in [1.807, 2.05) is 0 Å². The fraction of sp³-hybridized carbons (Fsp3) is 0.591. The number of nitrogens with two attached hydrogens (primary N) is 1. The molecule has 0 aromatic carbocycles. The van der Waals surface area contributed by atoms with Gasteiger partial charge in [0, 0.05) is 19.6 Å². The highest BCUT2D eigenvalue weighted by Gasteiger charge is 2.30. The zero-order valence-corrected chi connectivity index (χ0v) is 20.6. The van der Waals surface area contributed by atoms with E-state index in [4.69, 9.17) is 10.5 Å². The van der Waals surface area contributed by atoms with Gasteiger partial charge in [-0.05, 0) is 52.0 Å². The van der Waals surface area contributed by atoms with Crippen LogP contribution in [0.1, 0.15) is 46.5 Å². The second-order valence-corrected chi connectivity index (χ2v) is 8.66. The maximum Gasteiger partial charge on any atom is 0.438 e. The molecule has 1 atom stereocenters. The highest BCUT2D eigenvalue weighted by molar-refractivity contribution is 5.91. The quantitative estimate of drug-likeness (QED) is 0.146. The lowest BCUT2D eigenvalue weighted by atomic mass is 10.0. The lowest BCUT2D eigenvalue weighted by Crippen LogP contribution is -2.51. The zero-order valence-electron chi connectivity index (χ0n) is 20.6. The Bertz CT molecular complexity index is 873. The Morgan fingerprint density at radius 2 is 1.83 bits per heavy atom. The summed E-state index contributed by atoms with van der Waals surface area (Å²) < 4.78 is 40.0. The number of rotatable bonds is 8. The summed E-state index contributed by atoms with van der Waals surface area (Å²) in [6.45, 7) is 8.46. The lowest BCUT2D eigenvalue weighted by Gasteiger charge is -2.32. The molecule has 4 N–H and O–H groups in total. The molecule has 0 bridgehead atoms. The third kappa shape index (κ3) is 12.1. The predicted octanol–water partition coefficient (Wildman–Crippen LogP) is 2.80. The molecule has 1 heterocycles. The molecule has 36 heavy (non-hydrogen) atoms. The van der Waals surface area contributed by atoms with Gasteiger partial charge in [0.05, 0.1) is 0 Å². The molecule has 1 rings (SSSR count). The highest BCUT2D eigenvalue weighted by Crippen LogP contribution is 2.22. The zero-order chi connectivity index (χ0) is 27.3. The van der Waals surface area contributed by atoms with Crippen LogP contribution in [0.3, 0.4) is 0 Å². The van der Waals surface area contributed by atoms with Gasteiger partial charge in [-0.1, -0.05) is 12.7 Å². The summed E-state index contributed by atoms with van der Waals surface area (Å²) >= 11 is 0. The first-order valence-electron chi connectivity index (χ1n) is 11.2. The fourth-order valence-corrected chi connectivity index (χ4v) is 3.02. The van der Waals surface area contributed by atoms with Crippen molar-refractivity contribution in [3.63, 3.8) is 0 Å². The minimum Gasteiger partial charge on any atom is -0.444 e. The minimum absolute atomic E-state index is 0.00944. The molecule has 0 aromatic rings. The van der Waals surface area contributed by atoms with Gasteiger partial charge in [-0.25, -0.2) is 14.4 Å². The molecule has 202 valence electrons. The van der Waals surface area contributed by atoms with Crippen LogP contribution in [0.5, 0.6) is 0 Å². The number of nitrogens with zero attached hydrogens (tertiary/aromatic N) is 2. The number of ether oxygens (including phenoxy) is 3. The number of amidine groups is 1. The molecule has 0 unspecified atom stereocenters. The van der Waals surface area contributed by atoms with Crippen LogP contribution < -0.4 is 16.4 Å². The number of piperidine rings is 1. The van der Waals surface area contributed by atoms with E-state index in [0.29, 0.717) is 0 Å². The number of likely N-dealkylation sites (tertiary alicyclic amines) is 1. The Labute approximate surface area is 207 Å². The number of nitrogens with one attached hydrogen (secondary N) is 2. The van der Waals surface area contributed by atoms with E-state index in [1.165, 1.54) is 11.0 Å². The number of carbonyl (C=O) groups excluding carboxylic acids is 4. The number of aliphatic imine (C=N–C) groups is 1. The summed E-state index contributed by atoms with van der Waals surface area (Å²) in [6, 6.07) is -1.74. The van der Waals surface area contributed by atoms with E-state index in [9.17, 15) is 28.0 Å². The SMILES string of the molecule is C=CCOC(=O)N=C(N)OC(=O)NCCC[C@H](NC(=O)OC(C)(C)C)C(=O)N1CCC(=C(F)F)CC1. The van der Waals surface area contributed by atoms with E-state index in [1.54, 1.807) is 20.8 Å². The van der Waals surface area contributed by atoms with E-state index < -0.39 is 47.9 Å². The van der Waals surface area contributed by atoms with Crippen molar-refractivity contribution in [1.82, 2.24) is 15.5 Å². The molecule has 0 aromatic heterocycles. The molecule has 1 saturated heterocycles. The van der Waals surface area contributed by atoms with Crippen LogP contribution in [-0.2, 0) is 19.0 Å². The fourth-order valence-electron chi connectivity index (χ4n) is 3.02.